The molecule has 1 radical (unpaired) electrons. The Morgan fingerprint density at radius 1 is 0.519 bits per heavy atom. The Morgan fingerprint density at radius 2 is 0.778 bits per heavy atom. The van der Waals surface area contributed by atoms with Gasteiger partial charge in [0, 0.05) is 32.7 Å². The second kappa shape index (κ2) is 10.9. The van der Waals surface area contributed by atoms with Gasteiger partial charge in [0.25, 0.3) is 0 Å². The van der Waals surface area contributed by atoms with Crippen molar-refractivity contribution < 1.29 is 32.7 Å². The third kappa shape index (κ3) is 5.24. The molecule has 6 fully saturated rings. The van der Waals surface area contributed by atoms with Crippen LogP contribution in [0, 0.1) is 58.2 Å². The van der Waals surface area contributed by atoms with E-state index in [9.17, 15) is 0 Å². The summed E-state index contributed by atoms with van der Waals surface area (Å²) in [6.45, 7) is 27.6. The molecular weight excluding hydrogens is 401 g/mol. The van der Waals surface area contributed by atoms with Gasteiger partial charge < -0.3 is 0 Å². The topological polar surface area (TPSA) is 0 Å². The first-order chi connectivity index (χ1) is 12.1. The summed E-state index contributed by atoms with van der Waals surface area (Å²) in [5, 5.41) is 0. The smallest absolute Gasteiger partial charge is 0 e. The molecule has 6 saturated carbocycles. The Labute approximate surface area is 198 Å². The Bertz CT molecular complexity index is 384. The van der Waals surface area contributed by atoms with Crippen LogP contribution in [-0.4, -0.2) is 0 Å². The van der Waals surface area contributed by atoms with Crippen LogP contribution >= 0.6 is 0 Å². The molecule has 27 heavy (non-hydrogen) atoms. The van der Waals surface area contributed by atoms with Gasteiger partial charge in [0.1, 0.15) is 0 Å². The molecule has 0 aromatic heterocycles. The number of rotatable bonds is 0. The molecule has 0 heterocycles. The van der Waals surface area contributed by atoms with Crippen molar-refractivity contribution in [3.8, 4) is 0 Å². The summed E-state index contributed by atoms with van der Waals surface area (Å²) >= 11 is 0. The summed E-state index contributed by atoms with van der Waals surface area (Å²) in [4.78, 5) is 0. The number of hydrogen-bond donors (Lipinski definition) is 0. The molecule has 4 bridgehead atoms. The van der Waals surface area contributed by atoms with Crippen LogP contribution < -0.4 is 0 Å². The van der Waals surface area contributed by atoms with Crippen LogP contribution in [0.15, 0.2) is 0 Å². The van der Waals surface area contributed by atoms with Gasteiger partial charge >= 0.3 is 0 Å². The van der Waals surface area contributed by atoms with Crippen LogP contribution in [0.3, 0.4) is 0 Å². The van der Waals surface area contributed by atoms with Gasteiger partial charge in [-0.05, 0) is 83.9 Å². The number of hydrogen-bond acceptors (Lipinski definition) is 0. The van der Waals surface area contributed by atoms with Crippen molar-refractivity contribution in [3.63, 3.8) is 0 Å². The van der Waals surface area contributed by atoms with E-state index in [0.717, 1.165) is 47.3 Å². The molecule has 0 aromatic carbocycles. The Balaban J connectivity index is 0.000000411. The molecule has 0 aliphatic heterocycles. The van der Waals surface area contributed by atoms with Crippen LogP contribution in [0.4, 0.5) is 0 Å². The van der Waals surface area contributed by atoms with Crippen molar-refractivity contribution in [1.29, 1.82) is 0 Å². The van der Waals surface area contributed by atoms with Crippen molar-refractivity contribution in [1.82, 2.24) is 0 Å². The molecule has 0 N–H and O–H groups in total. The van der Waals surface area contributed by atoms with Gasteiger partial charge in [-0.2, -0.15) is 0 Å². The quantitative estimate of drug-likeness (QED) is 0.344. The molecule has 8 unspecified atom stereocenters. The van der Waals surface area contributed by atoms with Crippen molar-refractivity contribution in [2.75, 3.05) is 0 Å². The van der Waals surface area contributed by atoms with E-state index >= 15 is 0 Å². The van der Waals surface area contributed by atoms with Crippen LogP contribution in [0.25, 0.3) is 0 Å². The van der Waals surface area contributed by atoms with E-state index in [2.05, 4.69) is 55.4 Å². The summed E-state index contributed by atoms with van der Waals surface area (Å²) in [7, 11) is 0. The Hall–Kier alpha value is 1.10. The molecule has 159 valence electrons. The van der Waals surface area contributed by atoms with Gasteiger partial charge in [-0.3, -0.25) is 0 Å². The third-order valence-electron chi connectivity index (χ3n) is 9.47. The predicted molar refractivity (Wildman–Crippen MR) is 119 cm³/mol. The molecule has 0 spiro atoms. The minimum absolute atomic E-state index is 0. The summed E-state index contributed by atoms with van der Waals surface area (Å²) < 4.78 is 0. The second-order valence-electron chi connectivity index (χ2n) is 10.9. The molecule has 1 heteroatoms. The van der Waals surface area contributed by atoms with E-state index in [1.54, 1.807) is 0 Å². The Kier molecular flexibility index (Phi) is 11.4. The average molecular weight is 454 g/mol. The normalized spacial score (nSPS) is 44.0. The first kappa shape index (κ1) is 28.1. The second-order valence-corrected chi connectivity index (χ2v) is 10.9. The van der Waals surface area contributed by atoms with Crippen LogP contribution in [-0.2, 0) is 32.7 Å². The molecule has 6 rings (SSSR count). The van der Waals surface area contributed by atoms with Gasteiger partial charge in [-0.25, -0.2) is 0 Å². The first-order valence-corrected chi connectivity index (χ1v) is 12.1. The first-order valence-electron chi connectivity index (χ1n) is 12.1. The average Bonchev–Trinajstić information content (AvgIpc) is 2.62. The minimum Gasteiger partial charge on any atom is -0.0683 e. The SMILES string of the molecule is CC.CC.CC1CC2CC(C1C)C2(C)C.CC1CC2CC(C1C)C2(C)C.[Y]. The maximum atomic E-state index is 2.47. The molecule has 0 nitrogen and oxygen atoms in total. The fourth-order valence-electron chi connectivity index (χ4n) is 6.82. The third-order valence-corrected chi connectivity index (χ3v) is 9.47. The maximum Gasteiger partial charge on any atom is 0 e. The largest absolute Gasteiger partial charge is 0.0683 e. The van der Waals surface area contributed by atoms with Crippen molar-refractivity contribution in [2.24, 2.45) is 58.2 Å². The summed E-state index contributed by atoms with van der Waals surface area (Å²) in [5.74, 6) is 8.13. The maximum absolute atomic E-state index is 2.47. The van der Waals surface area contributed by atoms with E-state index in [-0.39, 0.29) is 32.7 Å². The molecular formula is C26H52Y. The van der Waals surface area contributed by atoms with Crippen molar-refractivity contribution in [2.45, 2.75) is 109 Å². The zero-order valence-corrected chi connectivity index (χ0v) is 23.9. The molecule has 6 aliphatic carbocycles. The molecule has 6 aliphatic rings. The Morgan fingerprint density at radius 3 is 0.926 bits per heavy atom. The predicted octanol–water partition coefficient (Wildman–Crippen LogP) is 8.70. The monoisotopic (exact) mass is 453 g/mol. The van der Waals surface area contributed by atoms with Gasteiger partial charge in [-0.15, -0.1) is 0 Å². The van der Waals surface area contributed by atoms with Gasteiger partial charge in [0.05, 0.1) is 0 Å². The van der Waals surface area contributed by atoms with Crippen LogP contribution in [0.1, 0.15) is 109 Å². The molecule has 0 saturated heterocycles. The minimum atomic E-state index is 0. The fourth-order valence-corrected chi connectivity index (χ4v) is 6.82. The van der Waals surface area contributed by atoms with Gasteiger partial charge in [-0.1, -0.05) is 83.1 Å². The van der Waals surface area contributed by atoms with E-state index in [1.807, 2.05) is 27.7 Å². The van der Waals surface area contributed by atoms with E-state index in [1.165, 1.54) is 25.7 Å². The summed E-state index contributed by atoms with van der Waals surface area (Å²) in [5.41, 5.74) is 1.37. The van der Waals surface area contributed by atoms with Gasteiger partial charge in [0.2, 0.25) is 0 Å². The van der Waals surface area contributed by atoms with Crippen molar-refractivity contribution >= 4 is 0 Å². The van der Waals surface area contributed by atoms with E-state index in [4.69, 9.17) is 0 Å². The summed E-state index contributed by atoms with van der Waals surface area (Å²) in [6.07, 6.45) is 6.03. The van der Waals surface area contributed by atoms with Crippen LogP contribution in [0.2, 0.25) is 0 Å². The van der Waals surface area contributed by atoms with E-state index < -0.39 is 0 Å². The standard InChI is InChI=1S/2C11H20.2C2H6.Y/c2*1-7-5-9-6-10(8(7)2)11(9,3)4;2*1-2;/h2*7-10H,5-6H2,1-4H3;2*1-2H3;. The molecule has 8 atom stereocenters. The van der Waals surface area contributed by atoms with Gasteiger partial charge in [0.15, 0.2) is 0 Å². The fraction of sp³-hybridized carbons (Fsp3) is 1.00. The van der Waals surface area contributed by atoms with Crippen molar-refractivity contribution in [3.05, 3.63) is 0 Å². The molecule has 0 aromatic rings. The zero-order valence-electron chi connectivity index (χ0n) is 21.0. The summed E-state index contributed by atoms with van der Waals surface area (Å²) in [6, 6.07) is 0. The van der Waals surface area contributed by atoms with Crippen LogP contribution in [0.5, 0.6) is 0 Å². The zero-order chi connectivity index (χ0) is 20.4. The number of fused-ring (bicyclic) bond motifs is 4. The molecule has 0 amide bonds. The van der Waals surface area contributed by atoms with E-state index in [0.29, 0.717) is 10.8 Å².